The van der Waals surface area contributed by atoms with Crippen molar-refractivity contribution in [1.82, 2.24) is 19.9 Å². The van der Waals surface area contributed by atoms with Gasteiger partial charge in [-0.05, 0) is 45.2 Å². The molecule has 311 valence electrons. The zero-order chi connectivity index (χ0) is 43.5. The van der Waals surface area contributed by atoms with Crippen LogP contribution in [0.5, 0.6) is 0 Å². The number of aromatic nitrogens is 4. The van der Waals surface area contributed by atoms with Crippen molar-refractivity contribution in [2.24, 2.45) is 0 Å². The molecule has 12 aromatic rings. The van der Waals surface area contributed by atoms with Gasteiger partial charge in [0, 0.05) is 52.7 Å². The Morgan fingerprint density at radius 3 is 1.35 bits per heavy atom. The molecular formula is C56H41LiMnN4O3. The molecule has 0 N–H and O–H groups in total. The van der Waals surface area contributed by atoms with Gasteiger partial charge in [0.05, 0.1) is 34.0 Å². The van der Waals surface area contributed by atoms with Crippen molar-refractivity contribution >= 4 is 86.7 Å². The van der Waals surface area contributed by atoms with Crippen LogP contribution in [0.15, 0.2) is 201 Å². The number of hydrogen-bond acceptors (Lipinski definition) is 7. The molecule has 65 heavy (non-hydrogen) atoms. The zero-order valence-corrected chi connectivity index (χ0v) is 37.0. The molecule has 0 amide bonds. The summed E-state index contributed by atoms with van der Waals surface area (Å²) in [5.41, 5.74) is 5.89. The van der Waals surface area contributed by atoms with Gasteiger partial charge in [-0.2, -0.15) is 0 Å². The summed E-state index contributed by atoms with van der Waals surface area (Å²) in [5, 5.41) is 14.4. The van der Waals surface area contributed by atoms with Crippen molar-refractivity contribution in [1.29, 1.82) is 0 Å². The second-order valence-corrected chi connectivity index (χ2v) is 15.3. The van der Waals surface area contributed by atoms with Gasteiger partial charge >= 0.3 is 41.4 Å². The molecule has 2 aromatic heterocycles. The predicted octanol–water partition coefficient (Wildman–Crippen LogP) is 10.9. The van der Waals surface area contributed by atoms with Gasteiger partial charge in [0.25, 0.3) is 0 Å². The first-order valence-corrected chi connectivity index (χ1v) is 22.1. The minimum Gasteiger partial charge on any atom is -0.252 e. The second-order valence-electron chi connectivity index (χ2n) is 15.1. The average Bonchev–Trinajstić information content (AvgIpc) is 3.98. The smallest absolute Gasteiger partial charge is 0.0979 e. The van der Waals surface area contributed by atoms with E-state index in [4.69, 9.17) is 22.4 Å². The molecule has 0 unspecified atom stereocenters. The zero-order valence-electron chi connectivity index (χ0n) is 35.8. The van der Waals surface area contributed by atoms with Crippen molar-refractivity contribution in [2.45, 2.75) is 12.8 Å². The van der Waals surface area contributed by atoms with Crippen molar-refractivity contribution in [3.05, 3.63) is 207 Å². The fourth-order valence-electron chi connectivity index (χ4n) is 8.36. The van der Waals surface area contributed by atoms with Crippen molar-refractivity contribution in [2.75, 3.05) is 13.2 Å². The van der Waals surface area contributed by atoms with Gasteiger partial charge in [0.1, 0.15) is 0 Å². The van der Waals surface area contributed by atoms with E-state index in [1.165, 1.54) is 66.7 Å². The summed E-state index contributed by atoms with van der Waals surface area (Å²) >= 11 is -1.44. The van der Waals surface area contributed by atoms with Gasteiger partial charge in [-0.1, -0.05) is 152 Å². The molecule has 0 saturated carbocycles. The normalized spacial score (nSPS) is 11.7. The van der Waals surface area contributed by atoms with E-state index in [1.54, 1.807) is 12.4 Å². The fraction of sp³-hybridized carbons (Fsp3) is 0.0714. The van der Waals surface area contributed by atoms with Crippen molar-refractivity contribution < 1.29 is 46.1 Å². The quantitative estimate of drug-likeness (QED) is 0.0921. The van der Waals surface area contributed by atoms with E-state index in [9.17, 15) is 0 Å². The maximum absolute atomic E-state index is 8.41. The summed E-state index contributed by atoms with van der Waals surface area (Å²) in [5.74, 6) is 0. The van der Waals surface area contributed by atoms with Crippen LogP contribution in [0.4, 0.5) is 0 Å². The van der Waals surface area contributed by atoms with E-state index in [0.717, 1.165) is 57.3 Å². The molecule has 0 radical (unpaired) electrons. The third-order valence-electron chi connectivity index (χ3n) is 11.2. The summed E-state index contributed by atoms with van der Waals surface area (Å²) < 4.78 is 21.8. The van der Waals surface area contributed by atoms with Gasteiger partial charge in [-0.25, -0.2) is 4.98 Å². The Kier molecular flexibility index (Phi) is 14.9. The topological polar surface area (TPSA) is 94.9 Å². The number of benzene rings is 10. The van der Waals surface area contributed by atoms with Crippen LogP contribution < -0.4 is 18.9 Å². The molecule has 0 aliphatic carbocycles. The molecule has 3 heterocycles. The van der Waals surface area contributed by atoms with Gasteiger partial charge in [-0.3, -0.25) is 15.0 Å². The molecule has 1 saturated heterocycles. The van der Waals surface area contributed by atoms with Gasteiger partial charge in [-0.15, -0.1) is 47.2 Å². The van der Waals surface area contributed by atoms with Crippen LogP contribution in [0.2, 0.25) is 0 Å². The van der Waals surface area contributed by atoms with Crippen LogP contribution in [0.25, 0.3) is 98.0 Å². The Morgan fingerprint density at radius 1 is 0.431 bits per heavy atom. The Balaban J connectivity index is 0.000000132. The Bertz CT molecular complexity index is 3280. The molecule has 0 bridgehead atoms. The van der Waals surface area contributed by atoms with E-state index in [0.29, 0.717) is 0 Å². The second kappa shape index (κ2) is 21.7. The largest absolute Gasteiger partial charge is 0.252 e. The summed E-state index contributed by atoms with van der Waals surface area (Å²) in [6, 6.07) is 65.8. The predicted molar refractivity (Wildman–Crippen MR) is 256 cm³/mol. The fourth-order valence-corrected chi connectivity index (χ4v) is 8.36. The number of fused-ring (bicyclic) bond motifs is 14. The molecule has 1 fully saturated rings. The van der Waals surface area contributed by atoms with Crippen LogP contribution in [0.3, 0.4) is 0 Å². The summed E-state index contributed by atoms with van der Waals surface area (Å²) in [4.78, 5) is 19.0. The van der Waals surface area contributed by atoms with E-state index in [-0.39, 0.29) is 18.9 Å². The van der Waals surface area contributed by atoms with E-state index < -0.39 is 14.8 Å². The molecule has 0 spiro atoms. The van der Waals surface area contributed by atoms with Crippen LogP contribution in [-0.2, 0) is 27.2 Å². The summed E-state index contributed by atoms with van der Waals surface area (Å²) in [6.07, 6.45) is 7.97. The summed E-state index contributed by atoms with van der Waals surface area (Å²) in [6.45, 7) is 2.00. The molecule has 10 aromatic carbocycles. The minimum absolute atomic E-state index is 0. The van der Waals surface area contributed by atoms with Gasteiger partial charge < -0.3 is 4.74 Å². The molecule has 13 rings (SSSR count). The number of hydrogen-bond donors (Lipinski definition) is 0. The molecular weight excluding hydrogens is 839 g/mol. The van der Waals surface area contributed by atoms with Crippen molar-refractivity contribution in [3.8, 4) is 11.3 Å². The third kappa shape index (κ3) is 9.79. The number of nitrogens with zero attached hydrogens (tertiary/aromatic N) is 4. The molecule has 1 aliphatic rings. The first-order chi connectivity index (χ1) is 31.7. The molecule has 1 aliphatic heterocycles. The first-order valence-electron chi connectivity index (χ1n) is 21.1. The van der Waals surface area contributed by atoms with Crippen LogP contribution in [0, 0.1) is 6.07 Å². The SMILES string of the molecule is C1CCOC1.[Li+].[O]=[Mn]=[O].[c-]1cccc2ccccc12.c1ccc2c(-c3cnc4c5ccccc5c5ccccc5c4n3)cccc2c1.c1ccc2c(c1)c1ccccc1c1nccnc21. The van der Waals surface area contributed by atoms with E-state index >= 15 is 0 Å². The Morgan fingerprint density at radius 2 is 0.846 bits per heavy atom. The first kappa shape index (κ1) is 44.7. The van der Waals surface area contributed by atoms with Crippen LogP contribution >= 0.6 is 0 Å². The summed E-state index contributed by atoms with van der Waals surface area (Å²) in [7, 11) is 0. The molecule has 0 atom stereocenters. The monoisotopic (exact) mass is 879 g/mol. The van der Waals surface area contributed by atoms with Gasteiger partial charge in [0.15, 0.2) is 0 Å². The third-order valence-corrected chi connectivity index (χ3v) is 11.2. The van der Waals surface area contributed by atoms with Crippen molar-refractivity contribution in [3.63, 3.8) is 0 Å². The maximum atomic E-state index is 8.41. The van der Waals surface area contributed by atoms with E-state index in [2.05, 4.69) is 162 Å². The van der Waals surface area contributed by atoms with Gasteiger partial charge in [0.2, 0.25) is 0 Å². The number of ether oxygens (including phenoxy) is 1. The standard InChI is InChI=1S/C26H16N2.C16H10N2.C10H7.C4H8O.Li.Mn.2O/c1-2-10-18-17(8-1)9-7-15-21(18)24-16-27-25-22-13-5-3-11-19(22)20-12-4-6-14-23(20)26(25)28-24;1-3-7-13-11(5-1)12-6-2-4-8-14(12)16-15(13)17-9-10-18-16;1-2-6-10-8-4-3-7-9(10)5-1;1-2-4-5-3-1;;;;/h1-16H;1-10H;1-7H;1-4H2;;;;/q;;-1;;+1;;;. The molecule has 9 heteroatoms. The number of rotatable bonds is 1. The van der Waals surface area contributed by atoms with Crippen LogP contribution in [0.1, 0.15) is 12.8 Å². The average molecular weight is 880 g/mol. The Labute approximate surface area is 394 Å². The van der Waals surface area contributed by atoms with E-state index in [1.807, 2.05) is 42.6 Å². The minimum atomic E-state index is -1.44. The maximum Gasteiger partial charge on any atom is 0.0979 e. The Hall–Kier alpha value is -6.88. The van der Waals surface area contributed by atoms with Crippen LogP contribution in [-0.4, -0.2) is 33.1 Å². The molecule has 7 nitrogen and oxygen atoms in total.